The summed E-state index contributed by atoms with van der Waals surface area (Å²) in [6, 6.07) is -2.58. The third-order valence-electron chi connectivity index (χ3n) is 10.3. The predicted octanol–water partition coefficient (Wildman–Crippen LogP) is 0.925. The van der Waals surface area contributed by atoms with E-state index in [1.165, 1.54) is 18.6 Å². The molecule has 5 rings (SSSR count). The number of fused-ring (bicyclic) bond motifs is 1. The van der Waals surface area contributed by atoms with Gasteiger partial charge in [-0.3, -0.25) is 29.0 Å². The Morgan fingerprint density at radius 2 is 1.70 bits per heavy atom. The molecule has 2 heterocycles. The number of rotatable bonds is 11. The summed E-state index contributed by atoms with van der Waals surface area (Å²) in [5.41, 5.74) is -0.778. The van der Waals surface area contributed by atoms with Crippen molar-refractivity contribution >= 4 is 29.5 Å². The van der Waals surface area contributed by atoms with Crippen LogP contribution < -0.4 is 21.3 Å². The first-order valence-electron chi connectivity index (χ1n) is 16.6. The molecule has 3 aliphatic carbocycles. The average Bonchev–Trinajstić information content (AvgIpc) is 3.88. The first-order valence-corrected chi connectivity index (χ1v) is 16.6. The molecular formula is C33H49N7O6. The quantitative estimate of drug-likeness (QED) is 0.237. The second kappa shape index (κ2) is 13.2. The first-order chi connectivity index (χ1) is 21.7. The summed E-state index contributed by atoms with van der Waals surface area (Å²) in [5.74, 6) is -2.39. The van der Waals surface area contributed by atoms with E-state index in [0.29, 0.717) is 6.54 Å². The van der Waals surface area contributed by atoms with Gasteiger partial charge in [0.1, 0.15) is 29.9 Å². The second-order valence-corrected chi connectivity index (χ2v) is 15.2. The maximum absolute atomic E-state index is 14.3. The zero-order chi connectivity index (χ0) is 33.4. The largest absolute Gasteiger partial charge is 0.381 e. The van der Waals surface area contributed by atoms with E-state index in [2.05, 4.69) is 45.1 Å². The van der Waals surface area contributed by atoms with Gasteiger partial charge >= 0.3 is 0 Å². The fraction of sp³-hybridized carbons (Fsp3) is 0.727. The Labute approximate surface area is 270 Å². The number of carbonyl (C=O) groups excluding carboxylic acids is 5. The molecule has 5 amide bonds. The monoisotopic (exact) mass is 639 g/mol. The fourth-order valence-electron chi connectivity index (χ4n) is 7.28. The summed E-state index contributed by atoms with van der Waals surface area (Å²) < 4.78 is 0. The standard InChI is InChI=1S/C33H49N7O6/c1-32(2,3)26(39-29(44)24(18-9-7-6-8-10-18)38-27(42)21-15-34-13-14-35-21)31(46)40-17-20-23(33(20,4)5)25(40)30(45)36-16-22(41)28(43)37-19-11-12-19/h13-15,18-20,22-26,41H,6-12,16-17H2,1-5H3,(H,36,45)(H,37,43)(H,38,42)(H,39,44)/t20-,22?,23-,24-,25-,26+/m0/s1. The van der Waals surface area contributed by atoms with Crippen molar-refractivity contribution in [3.05, 3.63) is 24.3 Å². The van der Waals surface area contributed by atoms with Crippen LogP contribution in [-0.4, -0.2) is 92.9 Å². The summed E-state index contributed by atoms with van der Waals surface area (Å²) in [4.78, 5) is 76.9. The molecule has 252 valence electrons. The van der Waals surface area contributed by atoms with E-state index in [9.17, 15) is 29.1 Å². The lowest BCUT2D eigenvalue weighted by Gasteiger charge is -2.39. The molecule has 1 aliphatic heterocycles. The van der Waals surface area contributed by atoms with Gasteiger partial charge in [-0.25, -0.2) is 4.98 Å². The summed E-state index contributed by atoms with van der Waals surface area (Å²) in [6.07, 6.45) is 9.06. The molecule has 46 heavy (non-hydrogen) atoms. The number of piperidine rings is 1. The molecule has 0 radical (unpaired) electrons. The van der Waals surface area contributed by atoms with Gasteiger partial charge in [-0.2, -0.15) is 0 Å². The van der Waals surface area contributed by atoms with Crippen LogP contribution in [-0.2, 0) is 19.2 Å². The lowest BCUT2D eigenvalue weighted by atomic mass is 9.82. The number of amides is 5. The van der Waals surface area contributed by atoms with Crippen molar-refractivity contribution in [2.75, 3.05) is 13.1 Å². The van der Waals surface area contributed by atoms with Gasteiger partial charge in [-0.1, -0.05) is 53.9 Å². The van der Waals surface area contributed by atoms with E-state index in [1.54, 1.807) is 4.90 Å². The van der Waals surface area contributed by atoms with Gasteiger partial charge < -0.3 is 31.3 Å². The molecule has 5 N–H and O–H groups in total. The number of likely N-dealkylation sites (tertiary alicyclic amines) is 1. The van der Waals surface area contributed by atoms with Gasteiger partial charge in [0.2, 0.25) is 17.7 Å². The highest BCUT2D eigenvalue weighted by atomic mass is 16.3. The van der Waals surface area contributed by atoms with Crippen LogP contribution in [0.3, 0.4) is 0 Å². The molecule has 0 bridgehead atoms. The van der Waals surface area contributed by atoms with Crippen LogP contribution in [0.15, 0.2) is 18.6 Å². The molecule has 13 nitrogen and oxygen atoms in total. The SMILES string of the molecule is CC(C)(C)[C@H](NC(=O)[C@@H](NC(=O)c1cnccn1)C1CCCCC1)C(=O)N1C[C@H]2[C@@H]([C@H]1C(=O)NCC(O)C(=O)NC1CC1)C2(C)C. The molecular weight excluding hydrogens is 590 g/mol. The van der Waals surface area contributed by atoms with E-state index in [0.717, 1.165) is 44.9 Å². The van der Waals surface area contributed by atoms with Crippen LogP contribution in [0.2, 0.25) is 0 Å². The van der Waals surface area contributed by atoms with Gasteiger partial charge in [0.25, 0.3) is 11.8 Å². The van der Waals surface area contributed by atoms with Crippen molar-refractivity contribution in [2.45, 2.75) is 110 Å². The lowest BCUT2D eigenvalue weighted by Crippen LogP contribution is -2.62. The Bertz CT molecular complexity index is 1320. The Balaban J connectivity index is 1.31. The minimum absolute atomic E-state index is 0.0800. The molecule has 1 unspecified atom stereocenters. The number of nitrogens with zero attached hydrogens (tertiary/aromatic N) is 3. The van der Waals surface area contributed by atoms with Gasteiger partial charge in [-0.05, 0) is 54.3 Å². The first kappa shape index (κ1) is 33.7. The van der Waals surface area contributed by atoms with Crippen molar-refractivity contribution in [3.8, 4) is 0 Å². The highest BCUT2D eigenvalue weighted by molar-refractivity contribution is 5.98. The Morgan fingerprint density at radius 1 is 1.00 bits per heavy atom. The topological polar surface area (TPSA) is 183 Å². The van der Waals surface area contributed by atoms with E-state index in [-0.39, 0.29) is 47.4 Å². The van der Waals surface area contributed by atoms with Crippen LogP contribution in [0.4, 0.5) is 0 Å². The molecule has 0 aromatic carbocycles. The van der Waals surface area contributed by atoms with Gasteiger partial charge in [0, 0.05) is 25.0 Å². The summed E-state index contributed by atoms with van der Waals surface area (Å²) in [6.45, 7) is 9.80. The van der Waals surface area contributed by atoms with Crippen molar-refractivity contribution in [2.24, 2.45) is 28.6 Å². The predicted molar refractivity (Wildman–Crippen MR) is 168 cm³/mol. The number of aliphatic hydroxyl groups excluding tert-OH is 1. The molecule has 4 fully saturated rings. The second-order valence-electron chi connectivity index (χ2n) is 15.2. The molecule has 1 saturated heterocycles. The minimum atomic E-state index is -1.39. The van der Waals surface area contributed by atoms with E-state index < -0.39 is 53.3 Å². The third-order valence-corrected chi connectivity index (χ3v) is 10.3. The summed E-state index contributed by atoms with van der Waals surface area (Å²) in [7, 11) is 0. The normalized spacial score (nSPS) is 25.8. The van der Waals surface area contributed by atoms with E-state index in [1.807, 2.05) is 20.8 Å². The Morgan fingerprint density at radius 3 is 2.30 bits per heavy atom. The van der Waals surface area contributed by atoms with Crippen molar-refractivity contribution in [1.82, 2.24) is 36.1 Å². The van der Waals surface area contributed by atoms with Crippen LogP contribution in [0.5, 0.6) is 0 Å². The van der Waals surface area contributed by atoms with Crippen LogP contribution in [0.1, 0.15) is 90.1 Å². The zero-order valence-electron chi connectivity index (χ0n) is 27.5. The zero-order valence-corrected chi connectivity index (χ0v) is 27.5. The highest BCUT2D eigenvalue weighted by Crippen LogP contribution is 2.65. The molecule has 3 saturated carbocycles. The number of carbonyl (C=O) groups is 5. The van der Waals surface area contributed by atoms with Gasteiger partial charge in [0.15, 0.2) is 0 Å². The number of nitrogens with one attached hydrogen (secondary N) is 4. The van der Waals surface area contributed by atoms with Crippen LogP contribution >= 0.6 is 0 Å². The Kier molecular flexibility index (Phi) is 9.72. The van der Waals surface area contributed by atoms with Crippen molar-refractivity contribution in [1.29, 1.82) is 0 Å². The molecule has 6 atom stereocenters. The number of hydrogen-bond acceptors (Lipinski definition) is 8. The van der Waals surface area contributed by atoms with Gasteiger partial charge in [0.05, 0.1) is 12.7 Å². The minimum Gasteiger partial charge on any atom is -0.381 e. The molecule has 1 aromatic heterocycles. The highest BCUT2D eigenvalue weighted by Gasteiger charge is 2.69. The Hall–Kier alpha value is -3.61. The fourth-order valence-corrected chi connectivity index (χ4v) is 7.28. The molecule has 0 spiro atoms. The van der Waals surface area contributed by atoms with E-state index in [4.69, 9.17) is 0 Å². The number of aliphatic hydroxyl groups is 1. The number of aromatic nitrogens is 2. The molecule has 13 heteroatoms. The summed E-state index contributed by atoms with van der Waals surface area (Å²) >= 11 is 0. The van der Waals surface area contributed by atoms with Gasteiger partial charge in [-0.15, -0.1) is 0 Å². The lowest BCUT2D eigenvalue weighted by molar-refractivity contribution is -0.146. The van der Waals surface area contributed by atoms with E-state index >= 15 is 0 Å². The number of hydrogen-bond donors (Lipinski definition) is 5. The molecule has 1 aromatic rings. The average molecular weight is 640 g/mol. The van der Waals surface area contributed by atoms with Crippen molar-refractivity contribution in [3.63, 3.8) is 0 Å². The van der Waals surface area contributed by atoms with Crippen LogP contribution in [0, 0.1) is 28.6 Å². The maximum Gasteiger partial charge on any atom is 0.272 e. The van der Waals surface area contributed by atoms with Crippen LogP contribution in [0.25, 0.3) is 0 Å². The van der Waals surface area contributed by atoms with Crippen molar-refractivity contribution < 1.29 is 29.1 Å². The smallest absolute Gasteiger partial charge is 0.272 e. The maximum atomic E-state index is 14.3. The third kappa shape index (κ3) is 7.34. The molecule has 4 aliphatic rings. The summed E-state index contributed by atoms with van der Waals surface area (Å²) in [5, 5.41) is 21.6.